The van der Waals surface area contributed by atoms with Gasteiger partial charge in [0.15, 0.2) is 0 Å². The summed E-state index contributed by atoms with van der Waals surface area (Å²) in [5.74, 6) is 0. The van der Waals surface area contributed by atoms with E-state index in [0.717, 1.165) is 18.5 Å². The topological polar surface area (TPSA) is 24.9 Å². The van der Waals surface area contributed by atoms with Crippen molar-refractivity contribution in [2.45, 2.75) is 6.42 Å². The molecule has 0 aliphatic carbocycles. The van der Waals surface area contributed by atoms with Crippen molar-refractivity contribution in [1.29, 1.82) is 0 Å². The molecule has 0 radical (unpaired) electrons. The van der Waals surface area contributed by atoms with Crippen molar-refractivity contribution in [2.75, 3.05) is 13.6 Å². The molecule has 0 amide bonds. The summed E-state index contributed by atoms with van der Waals surface area (Å²) in [5.41, 5.74) is 2.45. The quantitative estimate of drug-likeness (QED) is 0.793. The number of hydrogen-bond acceptors (Lipinski definition) is 2. The van der Waals surface area contributed by atoms with Gasteiger partial charge >= 0.3 is 0 Å². The van der Waals surface area contributed by atoms with Crippen LogP contribution in [0.5, 0.6) is 0 Å². The number of rotatable bonds is 3. The van der Waals surface area contributed by atoms with Crippen molar-refractivity contribution >= 4 is 10.9 Å². The predicted octanol–water partition coefficient (Wildman–Crippen LogP) is 2.00. The summed E-state index contributed by atoms with van der Waals surface area (Å²) in [4.78, 5) is 4.41. The van der Waals surface area contributed by atoms with Gasteiger partial charge in [-0.25, -0.2) is 0 Å². The average Bonchev–Trinajstić information content (AvgIpc) is 2.26. The molecule has 2 nitrogen and oxygen atoms in total. The van der Waals surface area contributed by atoms with Crippen LogP contribution in [-0.4, -0.2) is 18.6 Å². The first-order valence-electron chi connectivity index (χ1n) is 4.89. The molecule has 0 saturated carbocycles. The third-order valence-electron chi connectivity index (χ3n) is 2.36. The van der Waals surface area contributed by atoms with Gasteiger partial charge in [-0.05, 0) is 31.6 Å². The molecule has 0 fully saturated rings. The molecule has 0 saturated heterocycles. The number of aromatic nitrogens is 1. The summed E-state index contributed by atoms with van der Waals surface area (Å²) in [7, 11) is 1.97. The molecule has 0 bridgehead atoms. The van der Waals surface area contributed by atoms with Crippen LogP contribution >= 0.6 is 0 Å². The summed E-state index contributed by atoms with van der Waals surface area (Å²) >= 11 is 0. The lowest BCUT2D eigenvalue weighted by Crippen LogP contribution is -2.10. The molecule has 1 aromatic heterocycles. The Kier molecular flexibility index (Phi) is 2.75. The second kappa shape index (κ2) is 4.20. The zero-order chi connectivity index (χ0) is 9.80. The van der Waals surface area contributed by atoms with Crippen LogP contribution < -0.4 is 5.32 Å². The summed E-state index contributed by atoms with van der Waals surface area (Å²) in [5, 5.41) is 4.38. The number of pyridine rings is 1. The molecule has 2 rings (SSSR count). The summed E-state index contributed by atoms with van der Waals surface area (Å²) in [6.07, 6.45) is 2.88. The minimum atomic E-state index is 0.996. The van der Waals surface area contributed by atoms with E-state index in [4.69, 9.17) is 0 Å². The highest BCUT2D eigenvalue weighted by Gasteiger charge is 1.99. The number of nitrogens with one attached hydrogen (secondary N) is 1. The van der Waals surface area contributed by atoms with Gasteiger partial charge < -0.3 is 5.32 Å². The molecule has 1 heterocycles. The molecular formula is C12H14N2. The van der Waals surface area contributed by atoms with Crippen molar-refractivity contribution in [1.82, 2.24) is 10.3 Å². The fourth-order valence-electron chi connectivity index (χ4n) is 1.63. The fraction of sp³-hybridized carbons (Fsp3) is 0.250. The third-order valence-corrected chi connectivity index (χ3v) is 2.36. The minimum absolute atomic E-state index is 0.996. The molecule has 2 heteroatoms. The summed E-state index contributed by atoms with van der Waals surface area (Å²) in [6.45, 7) is 0.996. The van der Waals surface area contributed by atoms with Crippen LogP contribution in [0.15, 0.2) is 36.5 Å². The normalized spacial score (nSPS) is 10.6. The van der Waals surface area contributed by atoms with Crippen LogP contribution in [0.3, 0.4) is 0 Å². The van der Waals surface area contributed by atoms with Crippen molar-refractivity contribution in [3.63, 3.8) is 0 Å². The van der Waals surface area contributed by atoms with E-state index >= 15 is 0 Å². The van der Waals surface area contributed by atoms with Gasteiger partial charge in [-0.15, -0.1) is 0 Å². The Hall–Kier alpha value is -1.41. The van der Waals surface area contributed by atoms with Gasteiger partial charge in [-0.1, -0.05) is 24.3 Å². The van der Waals surface area contributed by atoms with Crippen molar-refractivity contribution in [2.24, 2.45) is 0 Å². The zero-order valence-corrected chi connectivity index (χ0v) is 8.33. The van der Waals surface area contributed by atoms with E-state index < -0.39 is 0 Å². The lowest BCUT2D eigenvalue weighted by Gasteiger charge is -2.04. The number of hydrogen-bond donors (Lipinski definition) is 1. The smallest absolute Gasteiger partial charge is 0.0734 e. The van der Waals surface area contributed by atoms with Gasteiger partial charge in [-0.2, -0.15) is 0 Å². The molecule has 0 aliphatic heterocycles. The second-order valence-electron chi connectivity index (χ2n) is 3.35. The van der Waals surface area contributed by atoms with E-state index in [0.29, 0.717) is 0 Å². The molecule has 0 spiro atoms. The van der Waals surface area contributed by atoms with E-state index in [1.165, 1.54) is 10.9 Å². The first-order chi connectivity index (χ1) is 6.92. The first kappa shape index (κ1) is 9.16. The van der Waals surface area contributed by atoms with Crippen LogP contribution in [0.2, 0.25) is 0 Å². The monoisotopic (exact) mass is 186 g/mol. The minimum Gasteiger partial charge on any atom is -0.319 e. The van der Waals surface area contributed by atoms with Gasteiger partial charge in [0.2, 0.25) is 0 Å². The largest absolute Gasteiger partial charge is 0.319 e. The van der Waals surface area contributed by atoms with E-state index in [2.05, 4.69) is 34.6 Å². The second-order valence-corrected chi connectivity index (χ2v) is 3.35. The van der Waals surface area contributed by atoms with Crippen molar-refractivity contribution in [3.8, 4) is 0 Å². The van der Waals surface area contributed by atoms with Gasteiger partial charge in [-0.3, -0.25) is 4.98 Å². The van der Waals surface area contributed by atoms with Crippen LogP contribution in [0.25, 0.3) is 10.9 Å². The standard InChI is InChI=1S/C12H14N2/c1-13-9-7-11-5-2-4-10-6-3-8-14-12(10)11/h2-6,8,13H,7,9H2,1H3. The summed E-state index contributed by atoms with van der Waals surface area (Å²) < 4.78 is 0. The Labute approximate surface area is 84.0 Å². The van der Waals surface area contributed by atoms with Crippen molar-refractivity contribution in [3.05, 3.63) is 42.1 Å². The number of likely N-dealkylation sites (N-methyl/N-ethyl adjacent to an activating group) is 1. The zero-order valence-electron chi connectivity index (χ0n) is 8.33. The molecule has 0 unspecified atom stereocenters. The van der Waals surface area contributed by atoms with E-state index in [1.807, 2.05) is 19.3 Å². The number of para-hydroxylation sites is 1. The molecule has 1 aromatic carbocycles. The highest BCUT2D eigenvalue weighted by molar-refractivity contribution is 5.81. The highest BCUT2D eigenvalue weighted by atomic mass is 14.8. The maximum Gasteiger partial charge on any atom is 0.0734 e. The van der Waals surface area contributed by atoms with Gasteiger partial charge in [0.25, 0.3) is 0 Å². The molecule has 0 atom stereocenters. The highest BCUT2D eigenvalue weighted by Crippen LogP contribution is 2.15. The van der Waals surface area contributed by atoms with Gasteiger partial charge in [0.05, 0.1) is 5.52 Å². The Balaban J connectivity index is 2.43. The Morgan fingerprint density at radius 1 is 1.21 bits per heavy atom. The Morgan fingerprint density at radius 3 is 2.93 bits per heavy atom. The molecule has 0 aliphatic rings. The fourth-order valence-corrected chi connectivity index (χ4v) is 1.63. The van der Waals surface area contributed by atoms with Crippen LogP contribution in [0, 0.1) is 0 Å². The molecule has 72 valence electrons. The maximum absolute atomic E-state index is 4.41. The Bertz CT molecular complexity index is 418. The van der Waals surface area contributed by atoms with Crippen molar-refractivity contribution < 1.29 is 0 Å². The SMILES string of the molecule is CNCCc1cccc2cccnc12. The van der Waals surface area contributed by atoms with Crippen LogP contribution in [0.1, 0.15) is 5.56 Å². The summed E-state index contributed by atoms with van der Waals surface area (Å²) in [6, 6.07) is 10.4. The van der Waals surface area contributed by atoms with Gasteiger partial charge in [0.1, 0.15) is 0 Å². The predicted molar refractivity (Wildman–Crippen MR) is 59.4 cm³/mol. The Morgan fingerprint density at radius 2 is 2.07 bits per heavy atom. The number of fused-ring (bicyclic) bond motifs is 1. The van der Waals surface area contributed by atoms with E-state index in [-0.39, 0.29) is 0 Å². The van der Waals surface area contributed by atoms with E-state index in [1.54, 1.807) is 0 Å². The molecule has 14 heavy (non-hydrogen) atoms. The lowest BCUT2D eigenvalue weighted by molar-refractivity contribution is 0.794. The first-order valence-corrected chi connectivity index (χ1v) is 4.89. The van der Waals surface area contributed by atoms with Crippen LogP contribution in [-0.2, 0) is 6.42 Å². The third kappa shape index (κ3) is 1.75. The van der Waals surface area contributed by atoms with Gasteiger partial charge in [0, 0.05) is 11.6 Å². The molecular weight excluding hydrogens is 172 g/mol. The van der Waals surface area contributed by atoms with E-state index in [9.17, 15) is 0 Å². The van der Waals surface area contributed by atoms with Crippen LogP contribution in [0.4, 0.5) is 0 Å². The molecule has 1 N–H and O–H groups in total. The molecule has 2 aromatic rings. The lowest BCUT2D eigenvalue weighted by atomic mass is 10.1. The average molecular weight is 186 g/mol. The number of benzene rings is 1. The number of nitrogens with zero attached hydrogens (tertiary/aromatic N) is 1. The maximum atomic E-state index is 4.41.